The number of carboxylic acid groups (broad SMARTS) is 1. The predicted molar refractivity (Wildman–Crippen MR) is 77.4 cm³/mol. The number of anilines is 1. The number of aryl methyl sites for hydroxylation is 2. The molecule has 0 saturated carbocycles. The topological polar surface area (TPSA) is 94.2 Å². The summed E-state index contributed by atoms with van der Waals surface area (Å²) in [5.74, 6) is -1.11. The molecule has 6 nitrogen and oxygen atoms in total. The molecule has 0 aromatic carbocycles. The van der Waals surface area contributed by atoms with Crippen molar-refractivity contribution in [1.29, 1.82) is 0 Å². The molecule has 0 spiro atoms. The molecular weight excluding hydrogens is 278 g/mol. The molecule has 0 bridgehead atoms. The van der Waals surface area contributed by atoms with Gasteiger partial charge in [-0.1, -0.05) is 0 Å². The van der Waals surface area contributed by atoms with E-state index in [2.05, 4.69) is 15.6 Å². The fourth-order valence-electron chi connectivity index (χ4n) is 1.77. The van der Waals surface area contributed by atoms with Gasteiger partial charge in [0.2, 0.25) is 0 Å². The summed E-state index contributed by atoms with van der Waals surface area (Å²) in [6.07, 6.45) is 0. The molecule has 0 atom stereocenters. The number of nitrogens with one attached hydrogen (secondary N) is 3. The number of hydrogen-bond acceptors (Lipinski definition) is 3. The minimum Gasteiger partial charge on any atom is -0.477 e. The van der Waals surface area contributed by atoms with E-state index in [1.165, 1.54) is 4.88 Å². The summed E-state index contributed by atoms with van der Waals surface area (Å²) in [7, 11) is 0. The number of urea groups is 1. The third-order valence-corrected chi connectivity index (χ3v) is 3.63. The number of thiophene rings is 1. The molecule has 2 amide bonds. The van der Waals surface area contributed by atoms with Gasteiger partial charge in [-0.3, -0.25) is 0 Å². The summed E-state index contributed by atoms with van der Waals surface area (Å²) in [6, 6.07) is 5.08. The van der Waals surface area contributed by atoms with E-state index in [1.807, 2.05) is 19.1 Å². The van der Waals surface area contributed by atoms with E-state index in [1.54, 1.807) is 24.3 Å². The summed E-state index contributed by atoms with van der Waals surface area (Å²) < 4.78 is 0. The third kappa shape index (κ3) is 3.39. The SMILES string of the molecule is Cc1cc(NC(=O)NCc2ccc(C)s2)c(C(=O)O)[nH]1. The van der Waals surface area contributed by atoms with Crippen LogP contribution in [-0.4, -0.2) is 22.1 Å². The van der Waals surface area contributed by atoms with Gasteiger partial charge in [-0.25, -0.2) is 9.59 Å². The van der Waals surface area contributed by atoms with Crippen LogP contribution in [-0.2, 0) is 6.54 Å². The van der Waals surface area contributed by atoms with E-state index in [0.29, 0.717) is 12.2 Å². The summed E-state index contributed by atoms with van der Waals surface area (Å²) in [6.45, 7) is 4.13. The molecule has 2 aromatic heterocycles. The molecule has 7 heteroatoms. The van der Waals surface area contributed by atoms with Gasteiger partial charge in [0.05, 0.1) is 12.2 Å². The zero-order valence-electron chi connectivity index (χ0n) is 11.1. The van der Waals surface area contributed by atoms with Crippen molar-refractivity contribution < 1.29 is 14.7 Å². The molecule has 0 aliphatic carbocycles. The Hall–Kier alpha value is -2.28. The minimum absolute atomic E-state index is 0.0235. The lowest BCUT2D eigenvalue weighted by atomic mass is 10.3. The van der Waals surface area contributed by atoms with Gasteiger partial charge in [-0.15, -0.1) is 11.3 Å². The Labute approximate surface area is 119 Å². The van der Waals surface area contributed by atoms with Crippen LogP contribution in [0, 0.1) is 13.8 Å². The molecule has 2 aromatic rings. The van der Waals surface area contributed by atoms with Crippen LogP contribution in [0.2, 0.25) is 0 Å². The molecule has 2 rings (SSSR count). The van der Waals surface area contributed by atoms with Gasteiger partial charge in [-0.2, -0.15) is 0 Å². The number of carbonyl (C=O) groups excluding carboxylic acids is 1. The van der Waals surface area contributed by atoms with Crippen LogP contribution in [0.5, 0.6) is 0 Å². The van der Waals surface area contributed by atoms with Crippen molar-refractivity contribution in [3.8, 4) is 0 Å². The Bertz CT molecular complexity index is 645. The highest BCUT2D eigenvalue weighted by atomic mass is 32.1. The Balaban J connectivity index is 1.96. The van der Waals surface area contributed by atoms with Crippen molar-refractivity contribution in [3.05, 3.63) is 39.3 Å². The Morgan fingerprint density at radius 2 is 2.10 bits per heavy atom. The van der Waals surface area contributed by atoms with Crippen LogP contribution in [0.25, 0.3) is 0 Å². The van der Waals surface area contributed by atoms with Crippen molar-refractivity contribution in [2.45, 2.75) is 20.4 Å². The van der Waals surface area contributed by atoms with E-state index in [4.69, 9.17) is 5.11 Å². The Kier molecular flexibility index (Phi) is 4.09. The van der Waals surface area contributed by atoms with E-state index < -0.39 is 12.0 Å². The van der Waals surface area contributed by atoms with Gasteiger partial charge < -0.3 is 20.7 Å². The molecule has 0 radical (unpaired) electrons. The quantitative estimate of drug-likeness (QED) is 0.698. The molecular formula is C13H15N3O3S. The van der Waals surface area contributed by atoms with Gasteiger partial charge >= 0.3 is 12.0 Å². The number of amides is 2. The molecule has 0 fully saturated rings. The summed E-state index contributed by atoms with van der Waals surface area (Å²) >= 11 is 1.61. The highest BCUT2D eigenvalue weighted by Gasteiger charge is 2.15. The molecule has 106 valence electrons. The first-order chi connectivity index (χ1) is 9.45. The maximum atomic E-state index is 11.8. The van der Waals surface area contributed by atoms with Crippen LogP contribution < -0.4 is 10.6 Å². The van der Waals surface area contributed by atoms with Crippen LogP contribution in [0.1, 0.15) is 25.9 Å². The highest BCUT2D eigenvalue weighted by molar-refractivity contribution is 7.11. The number of aromatic nitrogens is 1. The van der Waals surface area contributed by atoms with Crippen LogP contribution in [0.15, 0.2) is 18.2 Å². The molecule has 0 saturated heterocycles. The van der Waals surface area contributed by atoms with Gasteiger partial charge in [0.25, 0.3) is 0 Å². The molecule has 0 aliphatic rings. The number of carboxylic acids is 1. The van der Waals surface area contributed by atoms with Gasteiger partial charge in [0, 0.05) is 15.4 Å². The van der Waals surface area contributed by atoms with Crippen molar-refractivity contribution in [1.82, 2.24) is 10.3 Å². The monoisotopic (exact) mass is 293 g/mol. The number of aromatic amines is 1. The summed E-state index contributed by atoms with van der Waals surface area (Å²) in [4.78, 5) is 27.7. The lowest BCUT2D eigenvalue weighted by Gasteiger charge is -2.06. The third-order valence-electron chi connectivity index (χ3n) is 2.63. The average Bonchev–Trinajstić information content (AvgIpc) is 2.93. The maximum absolute atomic E-state index is 11.8. The Morgan fingerprint density at radius 1 is 1.35 bits per heavy atom. The molecule has 2 heterocycles. The number of hydrogen-bond donors (Lipinski definition) is 4. The van der Waals surface area contributed by atoms with Crippen molar-refractivity contribution in [2.75, 3.05) is 5.32 Å². The summed E-state index contributed by atoms with van der Waals surface area (Å²) in [5.41, 5.74) is 0.908. The maximum Gasteiger partial charge on any atom is 0.354 e. The Morgan fingerprint density at radius 3 is 2.70 bits per heavy atom. The number of H-pyrrole nitrogens is 1. The highest BCUT2D eigenvalue weighted by Crippen LogP contribution is 2.17. The second-order valence-electron chi connectivity index (χ2n) is 4.37. The van der Waals surface area contributed by atoms with E-state index in [9.17, 15) is 9.59 Å². The van der Waals surface area contributed by atoms with E-state index >= 15 is 0 Å². The molecule has 0 aliphatic heterocycles. The smallest absolute Gasteiger partial charge is 0.354 e. The second-order valence-corrected chi connectivity index (χ2v) is 5.74. The number of carbonyl (C=O) groups is 2. The standard InChI is InChI=1S/C13H15N3O3S/c1-7-5-10(11(15-7)12(17)18)16-13(19)14-6-9-4-3-8(2)20-9/h3-5,15H,6H2,1-2H3,(H,17,18)(H2,14,16,19). The lowest BCUT2D eigenvalue weighted by Crippen LogP contribution is -2.28. The zero-order valence-corrected chi connectivity index (χ0v) is 11.9. The first kappa shape index (κ1) is 14.1. The normalized spacial score (nSPS) is 10.3. The van der Waals surface area contributed by atoms with Crippen LogP contribution >= 0.6 is 11.3 Å². The molecule has 20 heavy (non-hydrogen) atoms. The minimum atomic E-state index is -1.11. The van der Waals surface area contributed by atoms with Crippen molar-refractivity contribution in [2.24, 2.45) is 0 Å². The first-order valence-corrected chi connectivity index (χ1v) is 6.80. The first-order valence-electron chi connectivity index (χ1n) is 5.99. The van der Waals surface area contributed by atoms with Gasteiger partial charge in [0.1, 0.15) is 5.69 Å². The fourth-order valence-corrected chi connectivity index (χ4v) is 2.60. The zero-order chi connectivity index (χ0) is 14.7. The fraction of sp³-hybridized carbons (Fsp3) is 0.231. The van der Waals surface area contributed by atoms with Crippen LogP contribution in [0.4, 0.5) is 10.5 Å². The van der Waals surface area contributed by atoms with Crippen LogP contribution in [0.3, 0.4) is 0 Å². The lowest BCUT2D eigenvalue weighted by molar-refractivity contribution is 0.0692. The van der Waals surface area contributed by atoms with Crippen molar-refractivity contribution in [3.63, 3.8) is 0 Å². The largest absolute Gasteiger partial charge is 0.477 e. The second kappa shape index (κ2) is 5.79. The van der Waals surface area contributed by atoms with E-state index in [-0.39, 0.29) is 11.4 Å². The van der Waals surface area contributed by atoms with Gasteiger partial charge in [0.15, 0.2) is 0 Å². The number of rotatable bonds is 4. The average molecular weight is 293 g/mol. The van der Waals surface area contributed by atoms with Crippen molar-refractivity contribution >= 4 is 29.0 Å². The number of aromatic carboxylic acids is 1. The molecule has 4 N–H and O–H groups in total. The molecule has 0 unspecified atom stereocenters. The van der Waals surface area contributed by atoms with E-state index in [0.717, 1.165) is 4.88 Å². The van der Waals surface area contributed by atoms with Gasteiger partial charge in [-0.05, 0) is 32.0 Å². The predicted octanol–water partition coefficient (Wildman–Crippen LogP) is 2.71. The summed E-state index contributed by atoms with van der Waals surface area (Å²) in [5, 5.41) is 14.2.